The van der Waals surface area contributed by atoms with Crippen LogP contribution in [0.5, 0.6) is 0 Å². The number of benzene rings is 1. The number of carbonyl (C=O) groups excluding carboxylic acids is 2. The molecule has 9 heteroatoms. The summed E-state index contributed by atoms with van der Waals surface area (Å²) in [5.74, 6) is -1.49. The number of thiophene rings is 1. The van der Waals surface area contributed by atoms with Crippen molar-refractivity contribution in [2.45, 2.75) is 26.8 Å². The quantitative estimate of drug-likeness (QED) is 0.639. The summed E-state index contributed by atoms with van der Waals surface area (Å²) in [6.07, 6.45) is 1.90. The van der Waals surface area contributed by atoms with Crippen LogP contribution in [0.3, 0.4) is 0 Å². The normalized spacial score (nSPS) is 10.8. The Bertz CT molecular complexity index is 1110. The van der Waals surface area contributed by atoms with Crippen LogP contribution in [0.4, 0.5) is 9.39 Å². The van der Waals surface area contributed by atoms with E-state index in [1.807, 2.05) is 6.92 Å². The van der Waals surface area contributed by atoms with Gasteiger partial charge in [-0.1, -0.05) is 6.92 Å². The molecule has 1 aromatic carbocycles. The second-order valence-electron chi connectivity index (χ2n) is 5.92. The Kier molecular flexibility index (Phi) is 5.84. The molecular weight excluding hydrogens is 385 g/mol. The predicted molar refractivity (Wildman–Crippen MR) is 104 cm³/mol. The number of nitrogens with one attached hydrogen (secondary N) is 1. The molecule has 0 saturated heterocycles. The molecule has 1 N–H and O–H groups in total. The molecule has 2 aromatic heterocycles. The number of carbonyl (C=O) groups is 2. The molecule has 0 aliphatic heterocycles. The number of ether oxygens (including phenoxy) is 1. The predicted octanol–water partition coefficient (Wildman–Crippen LogP) is 2.97. The van der Waals surface area contributed by atoms with Crippen molar-refractivity contribution in [1.29, 1.82) is 0 Å². The van der Waals surface area contributed by atoms with Crippen molar-refractivity contribution < 1.29 is 18.7 Å². The van der Waals surface area contributed by atoms with Gasteiger partial charge in [0.2, 0.25) is 5.91 Å². The summed E-state index contributed by atoms with van der Waals surface area (Å²) in [7, 11) is 0. The molecule has 2 heterocycles. The second-order valence-corrected chi connectivity index (χ2v) is 7.05. The van der Waals surface area contributed by atoms with Crippen molar-refractivity contribution in [3.05, 3.63) is 57.2 Å². The molecule has 3 rings (SSSR count). The van der Waals surface area contributed by atoms with Crippen molar-refractivity contribution in [3.63, 3.8) is 0 Å². The van der Waals surface area contributed by atoms with Crippen LogP contribution < -0.4 is 10.9 Å². The van der Waals surface area contributed by atoms with Gasteiger partial charge in [0, 0.05) is 10.9 Å². The van der Waals surface area contributed by atoms with E-state index < -0.39 is 23.3 Å². The zero-order chi connectivity index (χ0) is 20.3. The number of rotatable bonds is 6. The standard InChI is InChI=1S/C19H18FN3O4S/c1-3-12-8-14(19(26)27-4-2)17(28-12)22-16(24)9-23-10-21-15-7-11(20)5-6-13(15)18(23)25/h5-8,10H,3-4,9H2,1-2H3,(H,22,24). The summed E-state index contributed by atoms with van der Waals surface area (Å²) in [5, 5.41) is 3.26. The number of halogens is 1. The third-order valence-electron chi connectivity index (χ3n) is 3.98. The highest BCUT2D eigenvalue weighted by molar-refractivity contribution is 7.16. The topological polar surface area (TPSA) is 90.3 Å². The van der Waals surface area contributed by atoms with Crippen LogP contribution in [0, 0.1) is 5.82 Å². The van der Waals surface area contributed by atoms with Gasteiger partial charge in [0.1, 0.15) is 17.4 Å². The molecule has 0 radical (unpaired) electrons. The zero-order valence-corrected chi connectivity index (χ0v) is 16.1. The molecule has 28 heavy (non-hydrogen) atoms. The number of esters is 1. The van der Waals surface area contributed by atoms with Crippen molar-refractivity contribution in [2.24, 2.45) is 0 Å². The van der Waals surface area contributed by atoms with Crippen molar-refractivity contribution in [2.75, 3.05) is 11.9 Å². The fourth-order valence-electron chi connectivity index (χ4n) is 2.63. The van der Waals surface area contributed by atoms with E-state index in [4.69, 9.17) is 4.74 Å². The highest BCUT2D eigenvalue weighted by Gasteiger charge is 2.19. The molecule has 0 aliphatic carbocycles. The van der Waals surface area contributed by atoms with Gasteiger partial charge in [0.25, 0.3) is 5.56 Å². The summed E-state index contributed by atoms with van der Waals surface area (Å²) in [6, 6.07) is 5.35. The Morgan fingerprint density at radius 2 is 2.07 bits per heavy atom. The SMILES string of the molecule is CCOC(=O)c1cc(CC)sc1NC(=O)Cn1cnc2cc(F)ccc2c1=O. The Hall–Kier alpha value is -3.07. The molecular formula is C19H18FN3O4S. The first-order valence-electron chi connectivity index (χ1n) is 8.67. The summed E-state index contributed by atoms with van der Waals surface area (Å²) < 4.78 is 19.4. The average molecular weight is 403 g/mol. The fraction of sp³-hybridized carbons (Fsp3) is 0.263. The molecule has 0 fully saturated rings. The van der Waals surface area contributed by atoms with Crippen LogP contribution in [-0.2, 0) is 22.5 Å². The Balaban J connectivity index is 1.83. The molecule has 3 aromatic rings. The lowest BCUT2D eigenvalue weighted by Gasteiger charge is -2.08. The van der Waals surface area contributed by atoms with Crippen molar-refractivity contribution >= 4 is 39.1 Å². The van der Waals surface area contributed by atoms with Crippen LogP contribution >= 0.6 is 11.3 Å². The van der Waals surface area contributed by atoms with E-state index in [1.54, 1.807) is 13.0 Å². The fourth-order valence-corrected chi connectivity index (χ4v) is 3.64. The van der Waals surface area contributed by atoms with E-state index >= 15 is 0 Å². The van der Waals surface area contributed by atoms with Gasteiger partial charge in [-0.25, -0.2) is 14.2 Å². The van der Waals surface area contributed by atoms with E-state index in [2.05, 4.69) is 10.3 Å². The van der Waals surface area contributed by atoms with Crippen molar-refractivity contribution in [1.82, 2.24) is 9.55 Å². The first-order valence-corrected chi connectivity index (χ1v) is 9.49. The number of aryl methyl sites for hydroxylation is 1. The summed E-state index contributed by atoms with van der Waals surface area (Å²) in [6.45, 7) is 3.58. The lowest BCUT2D eigenvalue weighted by molar-refractivity contribution is -0.116. The van der Waals surface area contributed by atoms with Crippen LogP contribution in [0.2, 0.25) is 0 Å². The van der Waals surface area contributed by atoms with Gasteiger partial charge in [-0.3, -0.25) is 14.2 Å². The highest BCUT2D eigenvalue weighted by Crippen LogP contribution is 2.29. The zero-order valence-electron chi connectivity index (χ0n) is 15.3. The van der Waals surface area contributed by atoms with E-state index in [1.165, 1.54) is 29.8 Å². The monoisotopic (exact) mass is 403 g/mol. The summed E-state index contributed by atoms with van der Waals surface area (Å²) >= 11 is 1.28. The Morgan fingerprint density at radius 1 is 1.29 bits per heavy atom. The van der Waals surface area contributed by atoms with E-state index in [9.17, 15) is 18.8 Å². The van der Waals surface area contributed by atoms with Crippen LogP contribution in [0.15, 0.2) is 35.4 Å². The molecule has 146 valence electrons. The largest absolute Gasteiger partial charge is 0.462 e. The van der Waals surface area contributed by atoms with Gasteiger partial charge in [-0.15, -0.1) is 11.3 Å². The number of amides is 1. The smallest absolute Gasteiger partial charge is 0.341 e. The number of fused-ring (bicyclic) bond motifs is 1. The van der Waals surface area contributed by atoms with E-state index in [0.717, 1.165) is 15.5 Å². The van der Waals surface area contributed by atoms with Gasteiger partial charge in [-0.05, 0) is 31.5 Å². The lowest BCUT2D eigenvalue weighted by atomic mass is 10.2. The highest BCUT2D eigenvalue weighted by atomic mass is 32.1. The number of hydrogen-bond donors (Lipinski definition) is 1. The molecule has 0 saturated carbocycles. The van der Waals surface area contributed by atoms with Gasteiger partial charge in [-0.2, -0.15) is 0 Å². The Labute approximate surface area is 163 Å². The van der Waals surface area contributed by atoms with Gasteiger partial charge >= 0.3 is 5.97 Å². The first-order chi connectivity index (χ1) is 13.4. The summed E-state index contributed by atoms with van der Waals surface area (Å²) in [5.41, 5.74) is 0.0554. The lowest BCUT2D eigenvalue weighted by Crippen LogP contribution is -2.28. The third-order valence-corrected chi connectivity index (χ3v) is 5.18. The Morgan fingerprint density at radius 3 is 2.79 bits per heavy atom. The molecule has 0 bridgehead atoms. The third kappa shape index (κ3) is 4.09. The average Bonchev–Trinajstić information content (AvgIpc) is 3.07. The van der Waals surface area contributed by atoms with Crippen LogP contribution in [-0.4, -0.2) is 28.0 Å². The van der Waals surface area contributed by atoms with Gasteiger partial charge in [0.05, 0.1) is 29.4 Å². The van der Waals surface area contributed by atoms with Gasteiger partial charge in [0.15, 0.2) is 0 Å². The molecule has 7 nitrogen and oxygen atoms in total. The minimum atomic E-state index is -0.514. The maximum Gasteiger partial charge on any atom is 0.341 e. The molecule has 0 aliphatic rings. The second kappa shape index (κ2) is 8.30. The maximum atomic E-state index is 13.3. The number of aromatic nitrogens is 2. The van der Waals surface area contributed by atoms with Gasteiger partial charge < -0.3 is 10.1 Å². The molecule has 1 amide bonds. The molecule has 0 spiro atoms. The van der Waals surface area contributed by atoms with E-state index in [-0.39, 0.29) is 29.6 Å². The number of hydrogen-bond acceptors (Lipinski definition) is 6. The molecule has 0 atom stereocenters. The number of nitrogens with zero attached hydrogens (tertiary/aromatic N) is 2. The maximum absolute atomic E-state index is 13.3. The van der Waals surface area contributed by atoms with Crippen LogP contribution in [0.1, 0.15) is 29.1 Å². The minimum absolute atomic E-state index is 0.216. The number of anilines is 1. The van der Waals surface area contributed by atoms with Crippen LogP contribution in [0.25, 0.3) is 10.9 Å². The van der Waals surface area contributed by atoms with Crippen molar-refractivity contribution in [3.8, 4) is 0 Å². The first kappa shape index (κ1) is 19.7. The van der Waals surface area contributed by atoms with E-state index in [0.29, 0.717) is 11.4 Å². The summed E-state index contributed by atoms with van der Waals surface area (Å²) in [4.78, 5) is 42.0. The minimum Gasteiger partial charge on any atom is -0.462 e. The molecule has 0 unspecified atom stereocenters.